The Kier molecular flexibility index (Phi) is 2.88. The Labute approximate surface area is 106 Å². The van der Waals surface area contributed by atoms with Crippen molar-refractivity contribution in [3.05, 3.63) is 47.8 Å². The molecule has 3 rings (SSSR count). The first kappa shape index (κ1) is 11.4. The lowest BCUT2D eigenvalue weighted by molar-refractivity contribution is 0.606. The first-order chi connectivity index (χ1) is 8.75. The van der Waals surface area contributed by atoms with Crippen LogP contribution >= 0.6 is 0 Å². The second-order valence-electron chi connectivity index (χ2n) is 4.77. The van der Waals surface area contributed by atoms with Gasteiger partial charge < -0.3 is 9.88 Å². The second kappa shape index (κ2) is 4.53. The minimum Gasteiger partial charge on any atom is -0.309 e. The van der Waals surface area contributed by atoms with Crippen molar-refractivity contribution in [2.24, 2.45) is 0 Å². The molecule has 1 aliphatic heterocycles. The Hall–Kier alpha value is -1.68. The molecule has 2 heterocycles. The monoisotopic (exact) mass is 245 g/mol. The van der Waals surface area contributed by atoms with Crippen molar-refractivity contribution in [1.29, 1.82) is 0 Å². The SMILES string of the molecule is Cc1ccc(-n2cncc2[C@@H]2CCCN2)cc1F. The van der Waals surface area contributed by atoms with Crippen molar-refractivity contribution in [1.82, 2.24) is 14.9 Å². The molecule has 1 atom stereocenters. The summed E-state index contributed by atoms with van der Waals surface area (Å²) in [6.45, 7) is 2.81. The van der Waals surface area contributed by atoms with Gasteiger partial charge in [0, 0.05) is 11.7 Å². The molecule has 94 valence electrons. The summed E-state index contributed by atoms with van der Waals surface area (Å²) >= 11 is 0. The highest BCUT2D eigenvalue weighted by atomic mass is 19.1. The van der Waals surface area contributed by atoms with Crippen LogP contribution in [0.3, 0.4) is 0 Å². The van der Waals surface area contributed by atoms with Crippen LogP contribution in [0, 0.1) is 12.7 Å². The van der Waals surface area contributed by atoms with E-state index in [1.165, 1.54) is 6.42 Å². The third-order valence-corrected chi connectivity index (χ3v) is 3.52. The third-order valence-electron chi connectivity index (χ3n) is 3.52. The summed E-state index contributed by atoms with van der Waals surface area (Å²) in [5.74, 6) is -0.175. The highest BCUT2D eigenvalue weighted by Crippen LogP contribution is 2.25. The summed E-state index contributed by atoms with van der Waals surface area (Å²) in [5, 5.41) is 3.44. The van der Waals surface area contributed by atoms with Gasteiger partial charge in [0.25, 0.3) is 0 Å². The Morgan fingerprint density at radius 1 is 1.44 bits per heavy atom. The van der Waals surface area contributed by atoms with Crippen LogP contribution in [0.2, 0.25) is 0 Å². The molecule has 0 bridgehead atoms. The minimum atomic E-state index is -0.175. The van der Waals surface area contributed by atoms with Gasteiger partial charge in [-0.05, 0) is 44.0 Å². The van der Waals surface area contributed by atoms with E-state index < -0.39 is 0 Å². The van der Waals surface area contributed by atoms with Crippen LogP contribution in [0.15, 0.2) is 30.7 Å². The van der Waals surface area contributed by atoms with Crippen molar-refractivity contribution >= 4 is 0 Å². The van der Waals surface area contributed by atoms with Crippen LogP contribution < -0.4 is 5.32 Å². The fourth-order valence-corrected chi connectivity index (χ4v) is 2.45. The van der Waals surface area contributed by atoms with Gasteiger partial charge in [0.2, 0.25) is 0 Å². The van der Waals surface area contributed by atoms with Gasteiger partial charge in [0.05, 0.1) is 18.2 Å². The van der Waals surface area contributed by atoms with Crippen molar-refractivity contribution in [2.45, 2.75) is 25.8 Å². The molecular weight excluding hydrogens is 229 g/mol. The van der Waals surface area contributed by atoms with Gasteiger partial charge in [-0.1, -0.05) is 6.07 Å². The fourth-order valence-electron chi connectivity index (χ4n) is 2.45. The summed E-state index contributed by atoms with van der Waals surface area (Å²) < 4.78 is 15.6. The van der Waals surface area contributed by atoms with Crippen LogP contribution in [-0.4, -0.2) is 16.1 Å². The predicted octanol–water partition coefficient (Wildman–Crippen LogP) is 2.74. The predicted molar refractivity (Wildman–Crippen MR) is 68.2 cm³/mol. The number of hydrogen-bond donors (Lipinski definition) is 1. The number of nitrogens with zero attached hydrogens (tertiary/aromatic N) is 2. The Bertz CT molecular complexity index is 556. The number of aryl methyl sites for hydroxylation is 1. The third kappa shape index (κ3) is 1.93. The molecule has 1 saturated heterocycles. The van der Waals surface area contributed by atoms with E-state index in [1.807, 2.05) is 16.8 Å². The van der Waals surface area contributed by atoms with E-state index >= 15 is 0 Å². The van der Waals surface area contributed by atoms with Crippen molar-refractivity contribution in [3.63, 3.8) is 0 Å². The van der Waals surface area contributed by atoms with Crippen molar-refractivity contribution in [3.8, 4) is 5.69 Å². The summed E-state index contributed by atoms with van der Waals surface area (Å²) in [6.07, 6.45) is 5.90. The number of halogens is 1. The lowest BCUT2D eigenvalue weighted by Crippen LogP contribution is -2.16. The number of benzene rings is 1. The average Bonchev–Trinajstić information content (AvgIpc) is 3.00. The average molecular weight is 245 g/mol. The second-order valence-corrected chi connectivity index (χ2v) is 4.77. The molecule has 1 aliphatic rings. The van der Waals surface area contributed by atoms with Crippen LogP contribution in [0.25, 0.3) is 5.69 Å². The fraction of sp³-hybridized carbons (Fsp3) is 0.357. The topological polar surface area (TPSA) is 29.9 Å². The molecule has 18 heavy (non-hydrogen) atoms. The lowest BCUT2D eigenvalue weighted by atomic mass is 10.1. The molecule has 0 aliphatic carbocycles. The summed E-state index contributed by atoms with van der Waals surface area (Å²) in [7, 11) is 0. The van der Waals surface area contributed by atoms with Gasteiger partial charge in [-0.2, -0.15) is 0 Å². The summed E-state index contributed by atoms with van der Waals surface area (Å²) in [5.41, 5.74) is 2.61. The molecule has 0 spiro atoms. The van der Waals surface area contributed by atoms with Gasteiger partial charge in [0.15, 0.2) is 0 Å². The lowest BCUT2D eigenvalue weighted by Gasteiger charge is -2.14. The van der Waals surface area contributed by atoms with Crippen LogP contribution in [-0.2, 0) is 0 Å². The number of rotatable bonds is 2. The van der Waals surface area contributed by atoms with E-state index in [0.717, 1.165) is 24.3 Å². The maximum atomic E-state index is 13.6. The molecule has 0 amide bonds. The molecule has 3 nitrogen and oxygen atoms in total. The molecule has 1 fully saturated rings. The maximum absolute atomic E-state index is 13.6. The summed E-state index contributed by atoms with van der Waals surface area (Å²) in [4.78, 5) is 4.20. The molecule has 0 radical (unpaired) electrons. The molecule has 0 unspecified atom stereocenters. The smallest absolute Gasteiger partial charge is 0.128 e. The van der Waals surface area contributed by atoms with E-state index in [4.69, 9.17) is 0 Å². The minimum absolute atomic E-state index is 0.175. The first-order valence-corrected chi connectivity index (χ1v) is 6.28. The van der Waals surface area contributed by atoms with Gasteiger partial charge in [-0.3, -0.25) is 0 Å². The van der Waals surface area contributed by atoms with E-state index in [-0.39, 0.29) is 5.82 Å². The number of hydrogen-bond acceptors (Lipinski definition) is 2. The van der Waals surface area contributed by atoms with Crippen LogP contribution in [0.1, 0.15) is 30.1 Å². The normalized spacial score (nSPS) is 19.3. The zero-order valence-electron chi connectivity index (χ0n) is 10.4. The van der Waals surface area contributed by atoms with E-state index in [0.29, 0.717) is 11.6 Å². The maximum Gasteiger partial charge on any atom is 0.128 e. The zero-order chi connectivity index (χ0) is 12.5. The molecule has 1 N–H and O–H groups in total. The van der Waals surface area contributed by atoms with Gasteiger partial charge in [-0.15, -0.1) is 0 Å². The highest BCUT2D eigenvalue weighted by Gasteiger charge is 2.20. The number of nitrogens with one attached hydrogen (secondary N) is 1. The van der Waals surface area contributed by atoms with Crippen LogP contribution in [0.4, 0.5) is 4.39 Å². The molecule has 1 aromatic carbocycles. The highest BCUT2D eigenvalue weighted by molar-refractivity contribution is 5.37. The first-order valence-electron chi connectivity index (χ1n) is 6.28. The zero-order valence-corrected chi connectivity index (χ0v) is 10.4. The molecule has 0 saturated carbocycles. The summed E-state index contributed by atoms with van der Waals surface area (Å²) in [6, 6.07) is 5.63. The van der Waals surface area contributed by atoms with Crippen molar-refractivity contribution in [2.75, 3.05) is 6.54 Å². The molecule has 4 heteroatoms. The molecular formula is C14H16FN3. The largest absolute Gasteiger partial charge is 0.309 e. The number of imidazole rings is 1. The Morgan fingerprint density at radius 3 is 3.06 bits per heavy atom. The van der Waals surface area contributed by atoms with Crippen molar-refractivity contribution < 1.29 is 4.39 Å². The number of aromatic nitrogens is 2. The van der Waals surface area contributed by atoms with E-state index in [2.05, 4.69) is 10.3 Å². The van der Waals surface area contributed by atoms with E-state index in [1.54, 1.807) is 25.4 Å². The standard InChI is InChI=1S/C14H16FN3/c1-10-4-5-11(7-12(10)15)18-9-16-8-14(18)13-3-2-6-17-13/h4-5,7-9,13,17H,2-3,6H2,1H3/t13-/m0/s1. The van der Waals surface area contributed by atoms with Gasteiger partial charge in [-0.25, -0.2) is 9.37 Å². The Balaban J connectivity index is 2.00. The molecule has 1 aromatic heterocycles. The quantitative estimate of drug-likeness (QED) is 0.881. The van der Waals surface area contributed by atoms with Crippen LogP contribution in [0.5, 0.6) is 0 Å². The van der Waals surface area contributed by atoms with Gasteiger partial charge in [0.1, 0.15) is 5.82 Å². The molecule has 2 aromatic rings. The Morgan fingerprint density at radius 2 is 2.33 bits per heavy atom. The van der Waals surface area contributed by atoms with E-state index in [9.17, 15) is 4.39 Å². The van der Waals surface area contributed by atoms with Gasteiger partial charge >= 0.3 is 0 Å².